The quantitative estimate of drug-likeness (QED) is 0.344. The van der Waals surface area contributed by atoms with E-state index in [0.29, 0.717) is 0 Å². The van der Waals surface area contributed by atoms with Gasteiger partial charge in [0.15, 0.2) is 0 Å². The molecule has 0 saturated heterocycles. The molecule has 1 aromatic rings. The fourth-order valence-corrected chi connectivity index (χ4v) is 2.54. The van der Waals surface area contributed by atoms with E-state index >= 15 is 0 Å². The van der Waals surface area contributed by atoms with Gasteiger partial charge in [-0.1, -0.05) is 6.07 Å². The molecule has 26 heavy (non-hydrogen) atoms. The number of carbonyl (C=O) groups is 3. The summed E-state index contributed by atoms with van der Waals surface area (Å²) in [5.74, 6) is -2.51. The molecule has 1 aromatic carbocycles. The van der Waals surface area contributed by atoms with E-state index in [1.165, 1.54) is 23.1 Å². The molecular weight excluding hydrogens is 389 g/mol. The third-order valence-electron chi connectivity index (χ3n) is 3.32. The first kappa shape index (κ1) is 21.7. The Kier molecular flexibility index (Phi) is 8.80. The minimum atomic E-state index is -1.36. The van der Waals surface area contributed by atoms with E-state index in [0.717, 1.165) is 6.07 Å². The predicted molar refractivity (Wildman–Crippen MR) is 94.6 cm³/mol. The second kappa shape index (κ2) is 10.6. The SMILES string of the molecule is O=C(O)CC(NC(=O)c1cccc([N+](=O)[O-])c1)C(=O)N(CCCl)CCCl. The number of rotatable bonds is 10. The smallest absolute Gasteiger partial charge is 0.305 e. The average molecular weight is 406 g/mol. The number of benzene rings is 1. The highest BCUT2D eigenvalue weighted by Gasteiger charge is 2.28. The summed E-state index contributed by atoms with van der Waals surface area (Å²) in [6.07, 6.45) is -0.652. The predicted octanol–water partition coefficient (Wildman–Crippen LogP) is 1.47. The van der Waals surface area contributed by atoms with Gasteiger partial charge in [-0.05, 0) is 6.07 Å². The number of halogens is 2. The second-order valence-electron chi connectivity index (χ2n) is 5.13. The lowest BCUT2D eigenvalue weighted by atomic mass is 10.1. The molecule has 9 nitrogen and oxygen atoms in total. The van der Waals surface area contributed by atoms with Gasteiger partial charge in [-0.25, -0.2) is 0 Å². The van der Waals surface area contributed by atoms with Crippen LogP contribution < -0.4 is 5.32 Å². The fourth-order valence-electron chi connectivity index (χ4n) is 2.13. The van der Waals surface area contributed by atoms with Crippen molar-refractivity contribution >= 4 is 46.7 Å². The lowest BCUT2D eigenvalue weighted by Crippen LogP contribution is -2.50. The third kappa shape index (κ3) is 6.49. The zero-order valence-corrected chi connectivity index (χ0v) is 15.1. The van der Waals surface area contributed by atoms with E-state index in [1.807, 2.05) is 0 Å². The van der Waals surface area contributed by atoms with Crippen molar-refractivity contribution in [3.05, 3.63) is 39.9 Å². The van der Waals surface area contributed by atoms with Gasteiger partial charge in [-0.2, -0.15) is 0 Å². The highest BCUT2D eigenvalue weighted by Crippen LogP contribution is 2.13. The zero-order valence-electron chi connectivity index (χ0n) is 13.6. The van der Waals surface area contributed by atoms with Crippen LogP contribution in [-0.4, -0.2) is 63.6 Å². The van der Waals surface area contributed by atoms with E-state index in [4.69, 9.17) is 28.3 Å². The van der Waals surface area contributed by atoms with Crippen LogP contribution in [0.25, 0.3) is 0 Å². The normalized spacial score (nSPS) is 11.5. The maximum atomic E-state index is 12.5. The molecule has 11 heteroatoms. The molecule has 0 aromatic heterocycles. The molecule has 0 saturated carbocycles. The van der Waals surface area contributed by atoms with Gasteiger partial charge >= 0.3 is 5.97 Å². The number of non-ortho nitro benzene ring substituents is 1. The minimum absolute atomic E-state index is 0.0661. The van der Waals surface area contributed by atoms with E-state index < -0.39 is 35.2 Å². The molecular formula is C15H17Cl2N3O6. The topological polar surface area (TPSA) is 130 Å². The summed E-state index contributed by atoms with van der Waals surface area (Å²) in [7, 11) is 0. The Morgan fingerprint density at radius 3 is 2.35 bits per heavy atom. The summed E-state index contributed by atoms with van der Waals surface area (Å²) in [6.45, 7) is 0.270. The van der Waals surface area contributed by atoms with Crippen LogP contribution in [0.15, 0.2) is 24.3 Å². The van der Waals surface area contributed by atoms with Crippen molar-refractivity contribution in [1.82, 2.24) is 10.2 Å². The van der Waals surface area contributed by atoms with Crippen LogP contribution in [-0.2, 0) is 9.59 Å². The van der Waals surface area contributed by atoms with Crippen molar-refractivity contribution in [2.45, 2.75) is 12.5 Å². The Morgan fingerprint density at radius 2 is 1.85 bits per heavy atom. The van der Waals surface area contributed by atoms with Crippen LogP contribution in [0.1, 0.15) is 16.8 Å². The Labute approximate surface area is 159 Å². The molecule has 0 bridgehead atoms. The van der Waals surface area contributed by atoms with Gasteiger partial charge in [0.05, 0.1) is 11.3 Å². The van der Waals surface area contributed by atoms with Crippen LogP contribution in [0, 0.1) is 10.1 Å². The number of hydrogen-bond donors (Lipinski definition) is 2. The van der Waals surface area contributed by atoms with E-state index in [1.54, 1.807) is 0 Å². The summed E-state index contributed by atoms with van der Waals surface area (Å²) >= 11 is 11.3. The molecule has 0 spiro atoms. The number of nitrogens with one attached hydrogen (secondary N) is 1. The first-order chi connectivity index (χ1) is 12.3. The number of nitrogens with zero attached hydrogens (tertiary/aromatic N) is 2. The number of alkyl halides is 2. The van der Waals surface area contributed by atoms with Crippen LogP contribution in [0.4, 0.5) is 5.69 Å². The van der Waals surface area contributed by atoms with Gasteiger partial charge < -0.3 is 15.3 Å². The van der Waals surface area contributed by atoms with Crippen LogP contribution in [0.2, 0.25) is 0 Å². The highest BCUT2D eigenvalue weighted by molar-refractivity contribution is 6.18. The molecule has 0 radical (unpaired) electrons. The lowest BCUT2D eigenvalue weighted by Gasteiger charge is -2.26. The number of aliphatic carboxylic acids is 1. The number of nitro groups is 1. The molecule has 0 heterocycles. The Balaban J connectivity index is 3.00. The van der Waals surface area contributed by atoms with Crippen LogP contribution >= 0.6 is 23.2 Å². The first-order valence-electron chi connectivity index (χ1n) is 7.48. The number of nitro benzene ring substituents is 1. The van der Waals surface area contributed by atoms with Crippen molar-refractivity contribution in [1.29, 1.82) is 0 Å². The molecule has 2 amide bonds. The molecule has 2 N–H and O–H groups in total. The second-order valence-corrected chi connectivity index (χ2v) is 5.89. The molecule has 0 aliphatic rings. The van der Waals surface area contributed by atoms with Crippen molar-refractivity contribution in [2.75, 3.05) is 24.8 Å². The number of carboxylic acids is 1. The standard InChI is InChI=1S/C15H17Cl2N3O6/c16-4-6-19(7-5-17)15(24)12(9-13(21)22)18-14(23)10-2-1-3-11(8-10)20(25)26/h1-3,8,12H,4-7,9H2,(H,18,23)(H,21,22). The van der Waals surface area contributed by atoms with Gasteiger partial charge in [-0.15, -0.1) is 23.2 Å². The number of carbonyl (C=O) groups excluding carboxylic acids is 2. The number of carboxylic acid groups (broad SMARTS) is 1. The Morgan fingerprint density at radius 1 is 1.23 bits per heavy atom. The molecule has 0 fully saturated rings. The van der Waals surface area contributed by atoms with Gasteiger partial charge in [0.2, 0.25) is 5.91 Å². The Hall–Kier alpha value is -2.39. The van der Waals surface area contributed by atoms with Gasteiger partial charge in [0.25, 0.3) is 11.6 Å². The zero-order chi connectivity index (χ0) is 19.7. The van der Waals surface area contributed by atoms with Gasteiger partial charge in [0, 0.05) is 42.5 Å². The summed E-state index contributed by atoms with van der Waals surface area (Å²) in [6, 6.07) is 3.52. The van der Waals surface area contributed by atoms with Crippen molar-refractivity contribution in [3.63, 3.8) is 0 Å². The van der Waals surface area contributed by atoms with Crippen LogP contribution in [0.5, 0.6) is 0 Å². The molecule has 0 aliphatic heterocycles. The first-order valence-corrected chi connectivity index (χ1v) is 8.54. The summed E-state index contributed by atoms with van der Waals surface area (Å²) < 4.78 is 0. The number of amides is 2. The minimum Gasteiger partial charge on any atom is -0.481 e. The fraction of sp³-hybridized carbons (Fsp3) is 0.400. The summed E-state index contributed by atoms with van der Waals surface area (Å²) in [4.78, 5) is 47.3. The largest absolute Gasteiger partial charge is 0.481 e. The lowest BCUT2D eigenvalue weighted by molar-refractivity contribution is -0.384. The molecule has 1 unspecified atom stereocenters. The van der Waals surface area contributed by atoms with E-state index in [2.05, 4.69) is 5.32 Å². The molecule has 0 aliphatic carbocycles. The Bertz CT molecular complexity index is 679. The van der Waals surface area contributed by atoms with Crippen molar-refractivity contribution in [2.24, 2.45) is 0 Å². The van der Waals surface area contributed by atoms with Crippen LogP contribution in [0.3, 0.4) is 0 Å². The van der Waals surface area contributed by atoms with E-state index in [-0.39, 0.29) is 36.1 Å². The monoisotopic (exact) mass is 405 g/mol. The average Bonchev–Trinajstić information content (AvgIpc) is 2.60. The van der Waals surface area contributed by atoms with Gasteiger partial charge in [0.1, 0.15) is 6.04 Å². The maximum Gasteiger partial charge on any atom is 0.305 e. The van der Waals surface area contributed by atoms with E-state index in [9.17, 15) is 24.5 Å². The van der Waals surface area contributed by atoms with Gasteiger partial charge in [-0.3, -0.25) is 24.5 Å². The number of hydrogen-bond acceptors (Lipinski definition) is 5. The molecule has 1 atom stereocenters. The maximum absolute atomic E-state index is 12.5. The van der Waals surface area contributed by atoms with Crippen molar-refractivity contribution in [3.8, 4) is 0 Å². The summed E-state index contributed by atoms with van der Waals surface area (Å²) in [5, 5.41) is 22.1. The highest BCUT2D eigenvalue weighted by atomic mass is 35.5. The molecule has 1 rings (SSSR count). The summed E-state index contributed by atoms with van der Waals surface area (Å²) in [5.41, 5.74) is -0.367. The molecule has 142 valence electrons. The third-order valence-corrected chi connectivity index (χ3v) is 3.66. The van der Waals surface area contributed by atoms with Crippen molar-refractivity contribution < 1.29 is 24.4 Å².